The van der Waals surface area contributed by atoms with Gasteiger partial charge in [0.25, 0.3) is 5.91 Å². The van der Waals surface area contributed by atoms with Crippen molar-refractivity contribution in [3.8, 4) is 0 Å². The van der Waals surface area contributed by atoms with E-state index in [9.17, 15) is 4.79 Å². The van der Waals surface area contributed by atoms with Crippen LogP contribution in [0.5, 0.6) is 0 Å². The Morgan fingerprint density at radius 1 is 1.38 bits per heavy atom. The second-order valence-corrected chi connectivity index (χ2v) is 5.92. The van der Waals surface area contributed by atoms with Crippen molar-refractivity contribution in [2.75, 3.05) is 19.8 Å². The Balaban J connectivity index is 1.79. The second-order valence-electron chi connectivity index (χ2n) is 5.92. The largest absolute Gasteiger partial charge is 0.377 e. The van der Waals surface area contributed by atoms with Crippen LogP contribution in [0, 0.1) is 12.8 Å². The van der Waals surface area contributed by atoms with E-state index < -0.39 is 0 Å². The third-order valence-corrected chi connectivity index (χ3v) is 3.94. The molecule has 0 fully saturated rings. The summed E-state index contributed by atoms with van der Waals surface area (Å²) in [4.78, 5) is 27.3. The molecule has 2 aromatic rings. The Morgan fingerprint density at radius 3 is 3.00 bits per heavy atom. The monoisotopic (exact) mass is 327 g/mol. The fraction of sp³-hybridized carbons (Fsp3) is 0.412. The first-order valence-electron chi connectivity index (χ1n) is 7.94. The maximum atomic E-state index is 12.8. The molecule has 0 saturated heterocycles. The van der Waals surface area contributed by atoms with E-state index in [2.05, 4.69) is 26.1 Å². The predicted octanol–water partition coefficient (Wildman–Crippen LogP) is 1.46. The molecule has 1 aliphatic heterocycles. The third-order valence-electron chi connectivity index (χ3n) is 3.94. The molecule has 1 aliphatic rings. The zero-order valence-electron chi connectivity index (χ0n) is 13.8. The van der Waals surface area contributed by atoms with Crippen LogP contribution in [-0.2, 0) is 17.8 Å². The SMILES string of the molecule is C=CCOC[C@H]1CN(C(=O)c2cnc(C)cn2)Cc2nccn2C1. The molecule has 1 atom stereocenters. The van der Waals surface area contributed by atoms with Crippen LogP contribution in [0.15, 0.2) is 37.4 Å². The standard InChI is InChI=1S/C17H21N5O2/c1-3-6-24-12-14-9-21-5-4-18-16(21)11-22(10-14)17(23)15-8-19-13(2)7-20-15/h3-5,7-8,14H,1,6,9-12H2,2H3/t14-/m1/s1. The van der Waals surface area contributed by atoms with Gasteiger partial charge in [0.1, 0.15) is 11.5 Å². The number of carbonyl (C=O) groups is 1. The lowest BCUT2D eigenvalue weighted by molar-refractivity contribution is 0.0632. The zero-order chi connectivity index (χ0) is 16.9. The second kappa shape index (κ2) is 7.35. The molecule has 0 aromatic carbocycles. The number of imidazole rings is 1. The lowest BCUT2D eigenvalue weighted by atomic mass is 10.1. The lowest BCUT2D eigenvalue weighted by Gasteiger charge is -2.23. The average Bonchev–Trinajstić information content (AvgIpc) is 2.93. The number of rotatable bonds is 5. The van der Waals surface area contributed by atoms with Gasteiger partial charge in [-0.15, -0.1) is 6.58 Å². The topological polar surface area (TPSA) is 73.1 Å². The summed E-state index contributed by atoms with van der Waals surface area (Å²) in [6.45, 7) is 8.39. The Labute approximate surface area is 141 Å². The van der Waals surface area contributed by atoms with Gasteiger partial charge in [0.15, 0.2) is 0 Å². The van der Waals surface area contributed by atoms with Crippen LogP contribution in [0.2, 0.25) is 0 Å². The van der Waals surface area contributed by atoms with Crippen molar-refractivity contribution < 1.29 is 9.53 Å². The summed E-state index contributed by atoms with van der Waals surface area (Å²) >= 11 is 0. The summed E-state index contributed by atoms with van der Waals surface area (Å²) in [7, 11) is 0. The van der Waals surface area contributed by atoms with E-state index in [0.29, 0.717) is 32.0 Å². The summed E-state index contributed by atoms with van der Waals surface area (Å²) in [6, 6.07) is 0. The van der Waals surface area contributed by atoms with Crippen LogP contribution in [0.3, 0.4) is 0 Å². The predicted molar refractivity (Wildman–Crippen MR) is 88.2 cm³/mol. The molecule has 3 rings (SSSR count). The number of fused-ring (bicyclic) bond motifs is 1. The highest BCUT2D eigenvalue weighted by atomic mass is 16.5. The van der Waals surface area contributed by atoms with Crippen molar-refractivity contribution in [2.45, 2.75) is 20.0 Å². The molecule has 0 unspecified atom stereocenters. The van der Waals surface area contributed by atoms with Gasteiger partial charge < -0.3 is 14.2 Å². The van der Waals surface area contributed by atoms with Crippen molar-refractivity contribution in [3.63, 3.8) is 0 Å². The number of aryl methyl sites for hydroxylation is 1. The van der Waals surface area contributed by atoms with Crippen LogP contribution in [0.1, 0.15) is 22.0 Å². The van der Waals surface area contributed by atoms with Crippen LogP contribution in [0.4, 0.5) is 0 Å². The van der Waals surface area contributed by atoms with E-state index >= 15 is 0 Å². The van der Waals surface area contributed by atoms with Gasteiger partial charge in [0.2, 0.25) is 0 Å². The van der Waals surface area contributed by atoms with Gasteiger partial charge in [0.05, 0.1) is 31.6 Å². The molecule has 126 valence electrons. The molecule has 3 heterocycles. The molecular weight excluding hydrogens is 306 g/mol. The summed E-state index contributed by atoms with van der Waals surface area (Å²) in [5.74, 6) is 0.921. The molecule has 7 heteroatoms. The smallest absolute Gasteiger partial charge is 0.274 e. The van der Waals surface area contributed by atoms with Crippen molar-refractivity contribution >= 4 is 5.91 Å². The number of ether oxygens (including phenoxy) is 1. The average molecular weight is 327 g/mol. The van der Waals surface area contributed by atoms with E-state index in [1.54, 1.807) is 23.4 Å². The Hall–Kier alpha value is -2.54. The van der Waals surface area contributed by atoms with Gasteiger partial charge in [-0.25, -0.2) is 9.97 Å². The quantitative estimate of drug-likeness (QED) is 0.614. The summed E-state index contributed by atoms with van der Waals surface area (Å²) < 4.78 is 7.68. The summed E-state index contributed by atoms with van der Waals surface area (Å²) in [5, 5.41) is 0. The van der Waals surface area contributed by atoms with Crippen LogP contribution in [-0.4, -0.2) is 50.1 Å². The van der Waals surface area contributed by atoms with Crippen molar-refractivity contribution in [1.29, 1.82) is 0 Å². The van der Waals surface area contributed by atoms with Gasteiger partial charge >= 0.3 is 0 Å². The van der Waals surface area contributed by atoms with Gasteiger partial charge in [-0.3, -0.25) is 9.78 Å². The Bertz CT molecular complexity index is 710. The van der Waals surface area contributed by atoms with Gasteiger partial charge in [-0.2, -0.15) is 0 Å². The number of carbonyl (C=O) groups excluding carboxylic acids is 1. The molecule has 0 aliphatic carbocycles. The number of aromatic nitrogens is 4. The Morgan fingerprint density at radius 2 is 2.25 bits per heavy atom. The zero-order valence-corrected chi connectivity index (χ0v) is 13.8. The molecule has 2 aromatic heterocycles. The lowest BCUT2D eigenvalue weighted by Crippen LogP contribution is -2.36. The van der Waals surface area contributed by atoms with Crippen molar-refractivity contribution in [3.05, 3.63) is 54.7 Å². The van der Waals surface area contributed by atoms with E-state index in [1.165, 1.54) is 6.20 Å². The molecule has 0 N–H and O–H groups in total. The molecule has 0 bridgehead atoms. The summed E-state index contributed by atoms with van der Waals surface area (Å²) in [6.07, 6.45) is 8.56. The maximum Gasteiger partial charge on any atom is 0.274 e. The molecule has 24 heavy (non-hydrogen) atoms. The van der Waals surface area contributed by atoms with Gasteiger partial charge in [-0.05, 0) is 6.92 Å². The normalized spacial score (nSPS) is 17.2. The van der Waals surface area contributed by atoms with Crippen LogP contribution in [0.25, 0.3) is 0 Å². The highest BCUT2D eigenvalue weighted by Crippen LogP contribution is 2.17. The Kier molecular flexibility index (Phi) is 5.00. The first-order chi connectivity index (χ1) is 11.7. The van der Waals surface area contributed by atoms with E-state index in [1.807, 2.05) is 13.1 Å². The highest BCUT2D eigenvalue weighted by molar-refractivity contribution is 5.91. The van der Waals surface area contributed by atoms with Crippen LogP contribution >= 0.6 is 0 Å². The molecule has 1 amide bonds. The van der Waals surface area contributed by atoms with E-state index in [-0.39, 0.29) is 11.8 Å². The number of amides is 1. The van der Waals surface area contributed by atoms with Crippen LogP contribution < -0.4 is 0 Å². The van der Waals surface area contributed by atoms with Crippen molar-refractivity contribution in [1.82, 2.24) is 24.4 Å². The molecule has 7 nitrogen and oxygen atoms in total. The minimum atomic E-state index is -0.132. The summed E-state index contributed by atoms with van der Waals surface area (Å²) in [5.41, 5.74) is 1.14. The minimum absolute atomic E-state index is 0.132. The maximum absolute atomic E-state index is 12.8. The van der Waals surface area contributed by atoms with E-state index in [4.69, 9.17) is 4.74 Å². The van der Waals surface area contributed by atoms with Gasteiger partial charge in [-0.1, -0.05) is 6.08 Å². The fourth-order valence-corrected chi connectivity index (χ4v) is 2.78. The number of hydrogen-bond acceptors (Lipinski definition) is 5. The minimum Gasteiger partial charge on any atom is -0.377 e. The van der Waals surface area contributed by atoms with E-state index in [0.717, 1.165) is 18.1 Å². The fourth-order valence-electron chi connectivity index (χ4n) is 2.78. The number of hydrogen-bond donors (Lipinski definition) is 0. The highest BCUT2D eigenvalue weighted by Gasteiger charge is 2.27. The van der Waals surface area contributed by atoms with Crippen molar-refractivity contribution in [2.24, 2.45) is 5.92 Å². The molecule has 0 radical (unpaired) electrons. The molecular formula is C17H21N5O2. The first kappa shape index (κ1) is 16.3. The third kappa shape index (κ3) is 3.68. The number of nitrogens with zero attached hydrogens (tertiary/aromatic N) is 5. The molecule has 0 saturated carbocycles. The van der Waals surface area contributed by atoms with Gasteiger partial charge in [0, 0.05) is 37.6 Å². The molecule has 0 spiro atoms. The first-order valence-corrected chi connectivity index (χ1v) is 7.94.